The molecular formula is C11H20O4. The largest absolute Gasteiger partial charge is 0.456 e. The number of ketones is 1. The van der Waals surface area contributed by atoms with Crippen LogP contribution >= 0.6 is 0 Å². The number of hydrogen-bond acceptors (Lipinski definition) is 4. The lowest BCUT2D eigenvalue weighted by Crippen LogP contribution is -2.50. The van der Waals surface area contributed by atoms with E-state index >= 15 is 0 Å². The van der Waals surface area contributed by atoms with Gasteiger partial charge in [-0.25, -0.2) is 0 Å². The summed E-state index contributed by atoms with van der Waals surface area (Å²) >= 11 is 0. The maximum atomic E-state index is 11.3. The van der Waals surface area contributed by atoms with Crippen LogP contribution in [0.5, 0.6) is 0 Å². The summed E-state index contributed by atoms with van der Waals surface area (Å²) in [6, 6.07) is 0. The molecule has 0 aromatic carbocycles. The average Bonchev–Trinajstić information content (AvgIpc) is 2.00. The number of carbonyl (C=O) groups excluding carboxylic acids is 2. The van der Waals surface area contributed by atoms with Gasteiger partial charge in [0.1, 0.15) is 23.4 Å². The van der Waals surface area contributed by atoms with Gasteiger partial charge in [0.05, 0.1) is 0 Å². The molecule has 0 aliphatic rings. The quantitative estimate of drug-likeness (QED) is 0.518. The molecule has 0 bridgehead atoms. The Bertz CT molecular complexity index is 253. The van der Waals surface area contributed by atoms with E-state index in [-0.39, 0.29) is 12.2 Å². The molecule has 88 valence electrons. The first-order chi connectivity index (χ1) is 6.62. The fraction of sp³-hybridized carbons (Fsp3) is 0.818. The molecule has 0 aromatic heterocycles. The highest BCUT2D eigenvalue weighted by atomic mass is 16.6. The molecule has 0 fully saturated rings. The van der Waals surface area contributed by atoms with Gasteiger partial charge in [0.2, 0.25) is 0 Å². The Morgan fingerprint density at radius 3 is 1.87 bits per heavy atom. The van der Waals surface area contributed by atoms with Gasteiger partial charge in [-0.05, 0) is 34.6 Å². The number of rotatable bonds is 5. The smallest absolute Gasteiger partial charge is 0.313 e. The molecule has 0 rings (SSSR count). The van der Waals surface area contributed by atoms with Crippen molar-refractivity contribution >= 4 is 11.8 Å². The molecule has 15 heavy (non-hydrogen) atoms. The van der Waals surface area contributed by atoms with Crippen LogP contribution in [0.3, 0.4) is 0 Å². The summed E-state index contributed by atoms with van der Waals surface area (Å²) in [6.45, 7) is 8.53. The highest BCUT2D eigenvalue weighted by Crippen LogP contribution is 2.28. The van der Waals surface area contributed by atoms with Gasteiger partial charge in [-0.2, -0.15) is 0 Å². The fourth-order valence-corrected chi connectivity index (χ4v) is 0.893. The summed E-state index contributed by atoms with van der Waals surface area (Å²) in [7, 11) is 1.56. The number of ether oxygens (including phenoxy) is 2. The zero-order chi connectivity index (χ0) is 12.3. The van der Waals surface area contributed by atoms with E-state index in [1.54, 1.807) is 21.0 Å². The summed E-state index contributed by atoms with van der Waals surface area (Å²) in [5.74, 6) is -0.719. The normalized spacial score (nSPS) is 12.4. The summed E-state index contributed by atoms with van der Waals surface area (Å²) in [5, 5.41) is 0. The second-order valence-electron chi connectivity index (χ2n) is 4.58. The zero-order valence-corrected chi connectivity index (χ0v) is 10.3. The maximum absolute atomic E-state index is 11.3. The Labute approximate surface area is 90.9 Å². The molecule has 0 atom stereocenters. The van der Waals surface area contributed by atoms with Crippen molar-refractivity contribution in [3.05, 3.63) is 0 Å². The molecule has 0 heterocycles. The third-order valence-electron chi connectivity index (χ3n) is 2.72. The van der Waals surface area contributed by atoms with Crippen LogP contribution in [0.1, 0.15) is 41.0 Å². The van der Waals surface area contributed by atoms with E-state index in [1.165, 1.54) is 6.92 Å². The first-order valence-electron chi connectivity index (χ1n) is 4.89. The SMILES string of the molecule is COC(C)(C)C(C)(C)OC(=O)CC(C)=O. The van der Waals surface area contributed by atoms with Gasteiger partial charge in [0.25, 0.3) is 0 Å². The van der Waals surface area contributed by atoms with E-state index in [0.29, 0.717) is 0 Å². The second-order valence-corrected chi connectivity index (χ2v) is 4.58. The number of esters is 1. The lowest BCUT2D eigenvalue weighted by molar-refractivity contribution is -0.186. The molecule has 0 N–H and O–H groups in total. The van der Waals surface area contributed by atoms with Gasteiger partial charge >= 0.3 is 5.97 Å². The summed E-state index contributed by atoms with van der Waals surface area (Å²) in [5.41, 5.74) is -1.37. The van der Waals surface area contributed by atoms with Crippen LogP contribution in [-0.4, -0.2) is 30.1 Å². The third kappa shape index (κ3) is 4.00. The van der Waals surface area contributed by atoms with Crippen molar-refractivity contribution < 1.29 is 19.1 Å². The lowest BCUT2D eigenvalue weighted by Gasteiger charge is -2.39. The van der Waals surface area contributed by atoms with E-state index in [2.05, 4.69) is 0 Å². The second kappa shape index (κ2) is 4.75. The third-order valence-corrected chi connectivity index (χ3v) is 2.72. The van der Waals surface area contributed by atoms with E-state index in [9.17, 15) is 9.59 Å². The Morgan fingerprint density at radius 2 is 1.53 bits per heavy atom. The van der Waals surface area contributed by atoms with Crippen LogP contribution in [0.4, 0.5) is 0 Å². The highest BCUT2D eigenvalue weighted by Gasteiger charge is 2.40. The summed E-state index contributed by atoms with van der Waals surface area (Å²) in [6.07, 6.45) is -0.191. The molecule has 0 unspecified atom stereocenters. The lowest BCUT2D eigenvalue weighted by atomic mass is 9.89. The van der Waals surface area contributed by atoms with Crippen LogP contribution in [0.25, 0.3) is 0 Å². The predicted octanol–water partition coefficient (Wildman–Crippen LogP) is 1.71. The molecule has 0 aromatic rings. The number of Topliss-reactive ketones (excluding diaryl/α,β-unsaturated/α-hetero) is 1. The van der Waals surface area contributed by atoms with Crippen LogP contribution < -0.4 is 0 Å². The Kier molecular flexibility index (Phi) is 4.46. The minimum absolute atomic E-state index is 0.191. The van der Waals surface area contributed by atoms with Gasteiger partial charge in [-0.3, -0.25) is 9.59 Å². The number of methoxy groups -OCH3 is 1. The van der Waals surface area contributed by atoms with Crippen LogP contribution in [0.15, 0.2) is 0 Å². The molecule has 0 radical (unpaired) electrons. The molecule has 0 spiro atoms. The molecular weight excluding hydrogens is 196 g/mol. The molecule has 0 aliphatic carbocycles. The summed E-state index contributed by atoms with van der Waals surface area (Å²) in [4.78, 5) is 22.1. The van der Waals surface area contributed by atoms with Crippen LogP contribution in [0, 0.1) is 0 Å². The molecule has 4 heteroatoms. The number of hydrogen-bond donors (Lipinski definition) is 0. The van der Waals surface area contributed by atoms with Crippen molar-refractivity contribution in [1.29, 1.82) is 0 Å². The van der Waals surface area contributed by atoms with E-state index in [4.69, 9.17) is 9.47 Å². The van der Waals surface area contributed by atoms with Gasteiger partial charge in [-0.15, -0.1) is 0 Å². The monoisotopic (exact) mass is 216 g/mol. The Morgan fingerprint density at radius 1 is 1.07 bits per heavy atom. The molecule has 4 nitrogen and oxygen atoms in total. The van der Waals surface area contributed by atoms with E-state index in [0.717, 1.165) is 0 Å². The first kappa shape index (κ1) is 14.1. The fourth-order valence-electron chi connectivity index (χ4n) is 0.893. The average molecular weight is 216 g/mol. The van der Waals surface area contributed by atoms with Crippen molar-refractivity contribution in [3.63, 3.8) is 0 Å². The van der Waals surface area contributed by atoms with Gasteiger partial charge < -0.3 is 9.47 Å². The Balaban J connectivity index is 4.50. The molecule has 0 aliphatic heterocycles. The standard InChI is InChI=1S/C11H20O4/c1-8(12)7-9(13)15-11(4,5)10(2,3)14-6/h7H2,1-6H3. The highest BCUT2D eigenvalue weighted by molar-refractivity contribution is 5.94. The van der Waals surface area contributed by atoms with Crippen LogP contribution in [0.2, 0.25) is 0 Å². The van der Waals surface area contributed by atoms with E-state index in [1.807, 2.05) is 13.8 Å². The van der Waals surface area contributed by atoms with E-state index < -0.39 is 17.2 Å². The van der Waals surface area contributed by atoms with Crippen molar-refractivity contribution in [2.24, 2.45) is 0 Å². The van der Waals surface area contributed by atoms with Crippen LogP contribution in [-0.2, 0) is 19.1 Å². The molecule has 0 amide bonds. The van der Waals surface area contributed by atoms with Gasteiger partial charge in [0, 0.05) is 7.11 Å². The van der Waals surface area contributed by atoms with Crippen molar-refractivity contribution in [3.8, 4) is 0 Å². The minimum Gasteiger partial charge on any atom is -0.456 e. The Hall–Kier alpha value is -0.900. The topological polar surface area (TPSA) is 52.6 Å². The summed E-state index contributed by atoms with van der Waals surface area (Å²) < 4.78 is 10.5. The maximum Gasteiger partial charge on any atom is 0.313 e. The van der Waals surface area contributed by atoms with Gasteiger partial charge in [0.15, 0.2) is 0 Å². The number of carbonyl (C=O) groups is 2. The predicted molar refractivity (Wildman–Crippen MR) is 56.6 cm³/mol. The van der Waals surface area contributed by atoms with Crippen molar-refractivity contribution in [1.82, 2.24) is 0 Å². The first-order valence-corrected chi connectivity index (χ1v) is 4.89. The van der Waals surface area contributed by atoms with Gasteiger partial charge in [-0.1, -0.05) is 0 Å². The minimum atomic E-state index is -0.770. The molecule has 0 saturated carbocycles. The molecule has 0 saturated heterocycles. The van der Waals surface area contributed by atoms with Crippen molar-refractivity contribution in [2.45, 2.75) is 52.2 Å². The van der Waals surface area contributed by atoms with Crippen molar-refractivity contribution in [2.75, 3.05) is 7.11 Å². The zero-order valence-electron chi connectivity index (χ0n) is 10.3.